The van der Waals surface area contributed by atoms with E-state index in [1.54, 1.807) is 9.13 Å². The lowest BCUT2D eigenvalue weighted by atomic mass is 9.85. The standard InChI is InChI=1S/C27H27F4N2/c1-26(2,3)18-13-17(29)15-20(31)24(18)33-23-10-8-7-9-22(23)32(25(33)27(4,5)6)21-12-11-16(28)14-19(21)30/h7-15H,1-6H3/q+1. The van der Waals surface area contributed by atoms with Crippen molar-refractivity contribution in [2.45, 2.75) is 52.4 Å². The van der Waals surface area contributed by atoms with Crippen molar-refractivity contribution in [1.29, 1.82) is 0 Å². The van der Waals surface area contributed by atoms with E-state index in [2.05, 4.69) is 0 Å². The molecule has 0 fully saturated rings. The van der Waals surface area contributed by atoms with Crippen molar-refractivity contribution in [3.63, 3.8) is 0 Å². The molecule has 0 aliphatic rings. The van der Waals surface area contributed by atoms with E-state index in [1.165, 1.54) is 18.2 Å². The van der Waals surface area contributed by atoms with Crippen LogP contribution in [0.4, 0.5) is 17.6 Å². The van der Waals surface area contributed by atoms with Crippen LogP contribution in [0.5, 0.6) is 0 Å². The predicted octanol–water partition coefficient (Wildman–Crippen LogP) is 7.06. The van der Waals surface area contributed by atoms with Gasteiger partial charge in [0.2, 0.25) is 0 Å². The van der Waals surface area contributed by atoms with Crippen molar-refractivity contribution in [2.75, 3.05) is 0 Å². The number of hydrogen-bond donors (Lipinski definition) is 0. The Morgan fingerprint density at radius 3 is 1.94 bits per heavy atom. The third-order valence-electron chi connectivity index (χ3n) is 5.67. The van der Waals surface area contributed by atoms with Crippen molar-refractivity contribution >= 4 is 11.0 Å². The topological polar surface area (TPSA) is 8.81 Å². The molecule has 3 aromatic carbocycles. The van der Waals surface area contributed by atoms with Gasteiger partial charge in [0.05, 0.1) is 5.41 Å². The molecule has 0 bridgehead atoms. The summed E-state index contributed by atoms with van der Waals surface area (Å²) in [4.78, 5) is 0. The Kier molecular flexibility index (Phi) is 5.38. The van der Waals surface area contributed by atoms with E-state index in [4.69, 9.17) is 0 Å². The fourth-order valence-corrected chi connectivity index (χ4v) is 4.34. The quantitative estimate of drug-likeness (QED) is 0.226. The van der Waals surface area contributed by atoms with E-state index >= 15 is 8.78 Å². The van der Waals surface area contributed by atoms with Crippen LogP contribution in [0.1, 0.15) is 52.9 Å². The second-order valence-electron chi connectivity index (χ2n) is 10.4. The van der Waals surface area contributed by atoms with Crippen molar-refractivity contribution in [2.24, 2.45) is 0 Å². The van der Waals surface area contributed by atoms with Gasteiger partial charge < -0.3 is 0 Å². The monoisotopic (exact) mass is 455 g/mol. The summed E-state index contributed by atoms with van der Waals surface area (Å²) in [6.07, 6.45) is 0. The molecule has 2 nitrogen and oxygen atoms in total. The van der Waals surface area contributed by atoms with Crippen LogP contribution >= 0.6 is 0 Å². The Balaban J connectivity index is 2.27. The smallest absolute Gasteiger partial charge is 0.207 e. The van der Waals surface area contributed by atoms with E-state index < -0.39 is 34.1 Å². The normalized spacial score (nSPS) is 12.5. The zero-order chi connectivity index (χ0) is 24.3. The molecule has 1 aromatic heterocycles. The summed E-state index contributed by atoms with van der Waals surface area (Å²) in [5, 5.41) is 0. The second kappa shape index (κ2) is 7.72. The summed E-state index contributed by atoms with van der Waals surface area (Å²) in [7, 11) is 0. The third-order valence-corrected chi connectivity index (χ3v) is 5.67. The predicted molar refractivity (Wildman–Crippen MR) is 122 cm³/mol. The Labute approximate surface area is 191 Å². The van der Waals surface area contributed by atoms with Gasteiger partial charge >= 0.3 is 0 Å². The number of rotatable bonds is 2. The highest BCUT2D eigenvalue weighted by atomic mass is 19.1. The summed E-state index contributed by atoms with van der Waals surface area (Å²) in [6, 6.07) is 12.9. The lowest BCUT2D eigenvalue weighted by molar-refractivity contribution is -0.584. The van der Waals surface area contributed by atoms with Crippen LogP contribution < -0.4 is 4.57 Å². The van der Waals surface area contributed by atoms with Gasteiger partial charge in [-0.3, -0.25) is 0 Å². The van der Waals surface area contributed by atoms with Crippen molar-refractivity contribution in [1.82, 2.24) is 4.57 Å². The maximum Gasteiger partial charge on any atom is 0.273 e. The Morgan fingerprint density at radius 1 is 0.697 bits per heavy atom. The molecule has 0 N–H and O–H groups in total. The maximum atomic E-state index is 15.6. The van der Waals surface area contributed by atoms with Gasteiger partial charge in [0.15, 0.2) is 34.0 Å². The lowest BCUT2D eigenvalue weighted by Gasteiger charge is -2.24. The van der Waals surface area contributed by atoms with Crippen LogP contribution in [0.25, 0.3) is 22.4 Å². The number of aromatic nitrogens is 2. The van der Waals surface area contributed by atoms with Crippen molar-refractivity contribution in [3.05, 3.63) is 89.3 Å². The molecule has 6 heteroatoms. The average Bonchev–Trinajstić information content (AvgIpc) is 3.02. The molecule has 0 atom stereocenters. The molecule has 0 spiro atoms. The number of nitrogens with zero attached hydrogens (tertiary/aromatic N) is 2. The number of imidazole rings is 1. The van der Waals surface area contributed by atoms with Crippen LogP contribution in [0, 0.1) is 23.3 Å². The highest BCUT2D eigenvalue weighted by molar-refractivity contribution is 5.76. The summed E-state index contributed by atoms with van der Waals surface area (Å²) < 4.78 is 62.1. The Hall–Kier alpha value is -3.15. The van der Waals surface area contributed by atoms with E-state index in [0.29, 0.717) is 22.4 Å². The second-order valence-corrected chi connectivity index (χ2v) is 10.4. The van der Waals surface area contributed by atoms with E-state index in [-0.39, 0.29) is 11.4 Å². The number of halogens is 4. The SMILES string of the molecule is CC(C)(C)c1cc(F)cc(F)c1-[n+]1c(C(C)(C)C)n(-c2ccc(F)cc2F)c2ccccc21. The van der Waals surface area contributed by atoms with Gasteiger partial charge in [0.1, 0.15) is 11.6 Å². The highest BCUT2D eigenvalue weighted by Gasteiger charge is 2.40. The van der Waals surface area contributed by atoms with Gasteiger partial charge in [0, 0.05) is 17.7 Å². The van der Waals surface area contributed by atoms with E-state index in [0.717, 1.165) is 12.1 Å². The summed E-state index contributed by atoms with van der Waals surface area (Å²) in [5.41, 5.74) is 0.916. The molecule has 33 heavy (non-hydrogen) atoms. The molecule has 0 unspecified atom stereocenters. The van der Waals surface area contributed by atoms with E-state index in [9.17, 15) is 8.78 Å². The molecule has 4 rings (SSSR count). The number of fused-ring (bicyclic) bond motifs is 1. The molecular weight excluding hydrogens is 428 g/mol. The zero-order valence-corrected chi connectivity index (χ0v) is 19.6. The molecule has 0 aliphatic heterocycles. The first-order chi connectivity index (χ1) is 15.3. The first kappa shape index (κ1) is 23.0. The van der Waals surface area contributed by atoms with Gasteiger partial charge in [0.25, 0.3) is 5.82 Å². The van der Waals surface area contributed by atoms with Crippen LogP contribution in [0.3, 0.4) is 0 Å². The first-order valence-corrected chi connectivity index (χ1v) is 10.8. The molecular formula is C27H27F4N2+. The fraction of sp³-hybridized carbons (Fsp3) is 0.296. The molecule has 172 valence electrons. The van der Waals surface area contributed by atoms with Crippen LogP contribution in [0.2, 0.25) is 0 Å². The Morgan fingerprint density at radius 2 is 1.33 bits per heavy atom. The van der Waals surface area contributed by atoms with Crippen LogP contribution in [-0.2, 0) is 10.8 Å². The van der Waals surface area contributed by atoms with Crippen LogP contribution in [-0.4, -0.2) is 4.57 Å². The largest absolute Gasteiger partial charge is 0.273 e. The number of para-hydroxylation sites is 2. The van der Waals surface area contributed by atoms with Gasteiger partial charge in [-0.15, -0.1) is 0 Å². The average molecular weight is 456 g/mol. The molecule has 1 heterocycles. The van der Waals surface area contributed by atoms with Gasteiger partial charge in [-0.25, -0.2) is 17.6 Å². The lowest BCUT2D eigenvalue weighted by Crippen LogP contribution is -2.44. The van der Waals surface area contributed by atoms with Gasteiger partial charge in [-0.1, -0.05) is 32.9 Å². The summed E-state index contributed by atoms with van der Waals surface area (Å²) >= 11 is 0. The summed E-state index contributed by atoms with van der Waals surface area (Å²) in [5.74, 6) is -2.21. The number of benzene rings is 3. The minimum atomic E-state index is -0.732. The minimum Gasteiger partial charge on any atom is -0.207 e. The maximum absolute atomic E-state index is 15.6. The van der Waals surface area contributed by atoms with Crippen LogP contribution in [0.15, 0.2) is 54.6 Å². The first-order valence-electron chi connectivity index (χ1n) is 10.8. The third kappa shape index (κ3) is 3.92. The Bertz CT molecular complexity index is 1370. The molecule has 0 radical (unpaired) electrons. The molecule has 0 saturated carbocycles. The van der Waals surface area contributed by atoms with Crippen molar-refractivity contribution < 1.29 is 22.1 Å². The molecule has 4 aromatic rings. The van der Waals surface area contributed by atoms with Gasteiger partial charge in [-0.05, 0) is 56.5 Å². The molecule has 0 amide bonds. The molecule has 0 saturated heterocycles. The van der Waals surface area contributed by atoms with Gasteiger partial charge in [-0.2, -0.15) is 9.13 Å². The van der Waals surface area contributed by atoms with Crippen molar-refractivity contribution in [3.8, 4) is 11.4 Å². The number of hydrogen-bond acceptors (Lipinski definition) is 0. The minimum absolute atomic E-state index is 0.149. The zero-order valence-electron chi connectivity index (χ0n) is 19.6. The fourth-order valence-electron chi connectivity index (χ4n) is 4.34. The highest BCUT2D eigenvalue weighted by Crippen LogP contribution is 2.35. The molecule has 0 aliphatic carbocycles. The summed E-state index contributed by atoms with van der Waals surface area (Å²) in [6.45, 7) is 11.5. The van der Waals surface area contributed by atoms with E-state index in [1.807, 2.05) is 65.8 Å².